The van der Waals surface area contributed by atoms with Crippen LogP contribution < -0.4 is 4.74 Å². The average molecular weight is 447 g/mol. The highest BCUT2D eigenvalue weighted by atomic mass is 127. The number of alkyl halides is 3. The van der Waals surface area contributed by atoms with E-state index in [9.17, 15) is 13.2 Å². The summed E-state index contributed by atoms with van der Waals surface area (Å²) < 4.78 is 40.5. The zero-order valence-electron chi connectivity index (χ0n) is 6.20. The summed E-state index contributed by atoms with van der Waals surface area (Å²) in [6.45, 7) is 0. The maximum atomic E-state index is 11.9. The molecule has 0 N–H and O–H groups in total. The van der Waals surface area contributed by atoms with Gasteiger partial charge in [-0.15, -0.1) is 13.2 Å². The Labute approximate surface area is 108 Å². The van der Waals surface area contributed by atoms with E-state index in [4.69, 9.17) is 0 Å². The van der Waals surface area contributed by atoms with Crippen LogP contribution in [-0.2, 0) is 0 Å². The van der Waals surface area contributed by atoms with Crippen molar-refractivity contribution in [3.8, 4) is 5.75 Å². The van der Waals surface area contributed by atoms with Crippen molar-refractivity contribution in [1.82, 2.24) is 4.98 Å². The number of hydrogen-bond acceptors (Lipinski definition) is 2. The minimum Gasteiger partial charge on any atom is -0.403 e. The van der Waals surface area contributed by atoms with Crippen molar-refractivity contribution < 1.29 is 17.9 Å². The first-order valence-corrected chi connectivity index (χ1v) is 5.73. The Morgan fingerprint density at radius 1 is 1.29 bits per heavy atom. The predicted molar refractivity (Wildman–Crippen MR) is 59.0 cm³/mol. The third kappa shape index (κ3) is 3.23. The number of pyridine rings is 1. The highest BCUT2D eigenvalue weighted by molar-refractivity contribution is 14.1. The van der Waals surface area contributed by atoms with Crippen molar-refractivity contribution in [2.24, 2.45) is 0 Å². The summed E-state index contributed by atoms with van der Waals surface area (Å²) >= 11 is 7.92. The van der Waals surface area contributed by atoms with Crippen LogP contribution in [0.5, 0.6) is 5.75 Å². The van der Waals surface area contributed by atoms with Crippen LogP contribution >= 0.6 is 54.5 Å². The number of ether oxygens (including phenoxy) is 1. The van der Waals surface area contributed by atoms with Crippen LogP contribution in [0.15, 0.2) is 15.1 Å². The minimum absolute atomic E-state index is 0.189. The molecular formula is C6HBr2F3INO. The highest BCUT2D eigenvalue weighted by Crippen LogP contribution is 2.36. The molecule has 0 fully saturated rings. The second kappa shape index (κ2) is 4.52. The van der Waals surface area contributed by atoms with Gasteiger partial charge in [0.2, 0.25) is 0 Å². The largest absolute Gasteiger partial charge is 0.573 e. The molecule has 0 aliphatic carbocycles. The Bertz CT molecular complexity index is 358. The molecule has 0 spiro atoms. The first-order valence-electron chi connectivity index (χ1n) is 3.06. The molecule has 78 valence electrons. The van der Waals surface area contributed by atoms with E-state index in [0.717, 1.165) is 6.20 Å². The SMILES string of the molecule is FC(F)(F)Oc1cnc(I)c(Br)c1Br. The van der Waals surface area contributed by atoms with E-state index in [1.807, 2.05) is 22.6 Å². The third-order valence-electron chi connectivity index (χ3n) is 1.11. The summed E-state index contributed by atoms with van der Waals surface area (Å²) in [6.07, 6.45) is -3.71. The predicted octanol–water partition coefficient (Wildman–Crippen LogP) is 4.11. The molecule has 14 heavy (non-hydrogen) atoms. The maximum Gasteiger partial charge on any atom is 0.573 e. The van der Waals surface area contributed by atoms with Crippen molar-refractivity contribution in [2.45, 2.75) is 6.36 Å². The molecule has 8 heteroatoms. The molecule has 1 rings (SSSR count). The molecule has 2 nitrogen and oxygen atoms in total. The van der Waals surface area contributed by atoms with Crippen LogP contribution in [0.1, 0.15) is 0 Å². The van der Waals surface area contributed by atoms with Gasteiger partial charge in [-0.3, -0.25) is 0 Å². The molecule has 0 aromatic carbocycles. The number of halogens is 6. The van der Waals surface area contributed by atoms with Crippen LogP contribution in [0, 0.1) is 3.70 Å². The van der Waals surface area contributed by atoms with Crippen molar-refractivity contribution in [2.75, 3.05) is 0 Å². The van der Waals surface area contributed by atoms with Gasteiger partial charge in [0.05, 0.1) is 15.1 Å². The Morgan fingerprint density at radius 3 is 2.36 bits per heavy atom. The molecule has 0 radical (unpaired) electrons. The summed E-state index contributed by atoms with van der Waals surface area (Å²) in [6, 6.07) is 0. The van der Waals surface area contributed by atoms with E-state index in [0.29, 0.717) is 8.17 Å². The summed E-state index contributed by atoms with van der Waals surface area (Å²) in [5, 5.41) is 0. The average Bonchev–Trinajstić information content (AvgIpc) is 2.04. The lowest BCUT2D eigenvalue weighted by Crippen LogP contribution is -2.17. The van der Waals surface area contributed by atoms with Gasteiger partial charge in [-0.2, -0.15) is 0 Å². The fourth-order valence-corrected chi connectivity index (χ4v) is 2.07. The molecule has 0 atom stereocenters. The van der Waals surface area contributed by atoms with Crippen molar-refractivity contribution in [1.29, 1.82) is 0 Å². The lowest BCUT2D eigenvalue weighted by Gasteiger charge is -2.11. The molecule has 0 saturated heterocycles. The van der Waals surface area contributed by atoms with Crippen molar-refractivity contribution >= 4 is 54.5 Å². The smallest absolute Gasteiger partial charge is 0.403 e. The zero-order chi connectivity index (χ0) is 10.9. The van der Waals surface area contributed by atoms with Crippen LogP contribution in [-0.4, -0.2) is 11.3 Å². The van der Waals surface area contributed by atoms with E-state index < -0.39 is 6.36 Å². The summed E-state index contributed by atoms with van der Waals surface area (Å²) in [5.41, 5.74) is 0. The Morgan fingerprint density at radius 2 is 1.86 bits per heavy atom. The number of nitrogens with zero attached hydrogens (tertiary/aromatic N) is 1. The normalized spacial score (nSPS) is 11.6. The Balaban J connectivity index is 3.06. The van der Waals surface area contributed by atoms with Gasteiger partial charge < -0.3 is 4.74 Å². The van der Waals surface area contributed by atoms with Gasteiger partial charge in [-0.1, -0.05) is 0 Å². The minimum atomic E-state index is -4.71. The van der Waals surface area contributed by atoms with Gasteiger partial charge in [0.1, 0.15) is 3.70 Å². The summed E-state index contributed by atoms with van der Waals surface area (Å²) in [4.78, 5) is 3.71. The van der Waals surface area contributed by atoms with E-state index in [2.05, 4.69) is 41.6 Å². The molecule has 0 bridgehead atoms. The highest BCUT2D eigenvalue weighted by Gasteiger charge is 2.32. The number of hydrogen-bond donors (Lipinski definition) is 0. The third-order valence-corrected chi connectivity index (χ3v) is 4.76. The van der Waals surface area contributed by atoms with Gasteiger partial charge in [0.25, 0.3) is 0 Å². The van der Waals surface area contributed by atoms with Gasteiger partial charge in [-0.25, -0.2) is 4.98 Å². The lowest BCUT2D eigenvalue weighted by atomic mass is 10.5. The first-order chi connectivity index (χ1) is 6.31. The number of aromatic nitrogens is 1. The Hall–Kier alpha value is 0.430. The fraction of sp³-hybridized carbons (Fsp3) is 0.167. The number of rotatable bonds is 1. The van der Waals surface area contributed by atoms with E-state index in [1.54, 1.807) is 0 Å². The summed E-state index contributed by atoms with van der Waals surface area (Å²) in [5.74, 6) is -0.371. The van der Waals surface area contributed by atoms with Crippen LogP contribution in [0.3, 0.4) is 0 Å². The molecule has 0 aliphatic rings. The zero-order valence-corrected chi connectivity index (χ0v) is 11.5. The standard InChI is InChI=1S/C6HBr2F3INO/c7-3-2(14-6(9,10)11)1-13-5(12)4(3)8/h1H. The van der Waals surface area contributed by atoms with Crippen LogP contribution in [0.4, 0.5) is 13.2 Å². The molecular weight excluding hydrogens is 446 g/mol. The maximum absolute atomic E-state index is 11.9. The molecule has 1 aromatic rings. The Kier molecular flexibility index (Phi) is 4.03. The molecule has 0 saturated carbocycles. The van der Waals surface area contributed by atoms with Gasteiger partial charge >= 0.3 is 6.36 Å². The van der Waals surface area contributed by atoms with E-state index in [-0.39, 0.29) is 10.2 Å². The quantitative estimate of drug-likeness (QED) is 0.478. The van der Waals surface area contributed by atoms with Crippen LogP contribution in [0.2, 0.25) is 0 Å². The van der Waals surface area contributed by atoms with Crippen molar-refractivity contribution in [3.63, 3.8) is 0 Å². The molecule has 0 unspecified atom stereocenters. The second-order valence-corrected chi connectivity index (χ2v) is 4.70. The topological polar surface area (TPSA) is 22.1 Å². The second-order valence-electron chi connectivity index (χ2n) is 2.09. The van der Waals surface area contributed by atoms with E-state index in [1.165, 1.54) is 0 Å². The van der Waals surface area contributed by atoms with Gasteiger partial charge in [0.15, 0.2) is 5.75 Å². The molecule has 0 amide bonds. The molecule has 1 heterocycles. The van der Waals surface area contributed by atoms with Crippen LogP contribution in [0.25, 0.3) is 0 Å². The van der Waals surface area contributed by atoms with Gasteiger partial charge in [-0.05, 0) is 54.5 Å². The first kappa shape index (κ1) is 12.5. The lowest BCUT2D eigenvalue weighted by molar-refractivity contribution is -0.275. The summed E-state index contributed by atoms with van der Waals surface area (Å²) in [7, 11) is 0. The fourth-order valence-electron chi connectivity index (χ4n) is 0.623. The van der Waals surface area contributed by atoms with E-state index >= 15 is 0 Å². The molecule has 0 aliphatic heterocycles. The van der Waals surface area contributed by atoms with Gasteiger partial charge in [0, 0.05) is 0 Å². The molecule has 1 aromatic heterocycles. The monoisotopic (exact) mass is 445 g/mol. The van der Waals surface area contributed by atoms with Crippen molar-refractivity contribution in [3.05, 3.63) is 18.8 Å².